The number of sulfonamides is 1. The molecule has 0 fully saturated rings. The fourth-order valence-corrected chi connectivity index (χ4v) is 3.24. The van der Waals surface area contributed by atoms with Gasteiger partial charge in [0.15, 0.2) is 0 Å². The normalized spacial score (nSPS) is 13.6. The van der Waals surface area contributed by atoms with E-state index in [-0.39, 0.29) is 17.5 Å². The lowest BCUT2D eigenvalue weighted by molar-refractivity contribution is 0.0320. The van der Waals surface area contributed by atoms with Gasteiger partial charge in [-0.15, -0.1) is 0 Å². The van der Waals surface area contributed by atoms with Crippen molar-refractivity contribution >= 4 is 26.6 Å². The maximum absolute atomic E-state index is 12.4. The van der Waals surface area contributed by atoms with Crippen LogP contribution in [0, 0.1) is 0 Å². The first-order valence-corrected chi connectivity index (χ1v) is 7.84. The number of benzene rings is 1. The lowest BCUT2D eigenvalue weighted by atomic mass is 10.2. The Labute approximate surface area is 123 Å². The molecule has 0 aliphatic rings. The van der Waals surface area contributed by atoms with Crippen LogP contribution in [-0.4, -0.2) is 46.9 Å². The zero-order valence-electron chi connectivity index (χ0n) is 11.9. The van der Waals surface area contributed by atoms with Crippen molar-refractivity contribution in [3.8, 4) is 0 Å². The third-order valence-electron chi connectivity index (χ3n) is 3.14. The minimum absolute atomic E-state index is 0.127. The highest BCUT2D eigenvalue weighted by molar-refractivity contribution is 7.89. The van der Waals surface area contributed by atoms with Crippen LogP contribution in [0.15, 0.2) is 29.3 Å². The van der Waals surface area contributed by atoms with E-state index in [1.807, 2.05) is 0 Å². The predicted molar refractivity (Wildman–Crippen MR) is 80.6 cm³/mol. The zero-order chi connectivity index (χ0) is 15.5. The maximum Gasteiger partial charge on any atom is 0.242 e. The van der Waals surface area contributed by atoms with Gasteiger partial charge in [-0.05, 0) is 18.2 Å². The highest BCUT2D eigenvalue weighted by Gasteiger charge is 2.20. The molecule has 2 aromatic rings. The number of rotatable bonds is 7. The molecule has 21 heavy (non-hydrogen) atoms. The second-order valence-electron chi connectivity index (χ2n) is 4.62. The van der Waals surface area contributed by atoms with E-state index in [2.05, 4.69) is 9.71 Å². The first-order chi connectivity index (χ1) is 9.97. The molecule has 8 heteroatoms. The van der Waals surface area contributed by atoms with Crippen LogP contribution in [0.1, 0.15) is 0 Å². The molecule has 7 nitrogen and oxygen atoms in total. The third-order valence-corrected chi connectivity index (χ3v) is 4.61. The van der Waals surface area contributed by atoms with Crippen molar-refractivity contribution in [3.63, 3.8) is 0 Å². The number of nitrogens with one attached hydrogen (secondary N) is 2. The number of hydrogen-bond donors (Lipinski definition) is 3. The Morgan fingerprint density at radius 1 is 1.38 bits per heavy atom. The van der Waals surface area contributed by atoms with E-state index < -0.39 is 10.0 Å². The van der Waals surface area contributed by atoms with Crippen molar-refractivity contribution in [2.75, 3.05) is 33.1 Å². The van der Waals surface area contributed by atoms with E-state index in [1.54, 1.807) is 18.2 Å². The summed E-state index contributed by atoms with van der Waals surface area (Å²) >= 11 is 0. The number of nitrogen functional groups attached to an aromatic ring is 1. The summed E-state index contributed by atoms with van der Waals surface area (Å²) in [7, 11) is -0.621. The molecular formula is C13H19N3O4S. The number of methoxy groups -OCH3 is 2. The van der Waals surface area contributed by atoms with Crippen LogP contribution in [-0.2, 0) is 19.5 Å². The quantitative estimate of drug-likeness (QED) is 0.652. The van der Waals surface area contributed by atoms with Gasteiger partial charge in [0.25, 0.3) is 0 Å². The van der Waals surface area contributed by atoms with Crippen LogP contribution in [0.3, 0.4) is 0 Å². The van der Waals surface area contributed by atoms with Crippen molar-refractivity contribution in [1.29, 1.82) is 0 Å². The van der Waals surface area contributed by atoms with Gasteiger partial charge >= 0.3 is 0 Å². The molecule has 1 aromatic heterocycles. The molecule has 1 unspecified atom stereocenters. The summed E-state index contributed by atoms with van der Waals surface area (Å²) in [5, 5.41) is 0.559. The molecule has 0 aliphatic carbocycles. The Morgan fingerprint density at radius 3 is 2.81 bits per heavy atom. The third kappa shape index (κ3) is 3.53. The molecule has 0 radical (unpaired) electrons. The number of fused-ring (bicyclic) bond motifs is 1. The standard InChI is InChI=1S/C13H19N3O4S/c1-19-8-10(20-2)6-16-21(17,18)13-7-15-12-4-3-9(14)5-11(12)13/h3-5,7,10,15-16H,6,8,14H2,1-2H3. The molecule has 0 amide bonds. The molecule has 0 saturated heterocycles. The average Bonchev–Trinajstić information content (AvgIpc) is 2.87. The topological polar surface area (TPSA) is 106 Å². The van der Waals surface area contributed by atoms with Gasteiger partial charge in [-0.3, -0.25) is 0 Å². The Kier molecular flexibility index (Phi) is 4.84. The van der Waals surface area contributed by atoms with Crippen LogP contribution in [0.2, 0.25) is 0 Å². The fourth-order valence-electron chi connectivity index (χ4n) is 2.01. The average molecular weight is 313 g/mol. The van der Waals surface area contributed by atoms with Crippen LogP contribution in [0.4, 0.5) is 5.69 Å². The molecule has 1 heterocycles. The van der Waals surface area contributed by atoms with Gasteiger partial charge in [0, 0.05) is 43.6 Å². The van der Waals surface area contributed by atoms with E-state index in [0.29, 0.717) is 23.2 Å². The van der Waals surface area contributed by atoms with Gasteiger partial charge in [0.1, 0.15) is 4.90 Å². The summed E-state index contributed by atoms with van der Waals surface area (Å²) in [6.07, 6.45) is 1.10. The monoisotopic (exact) mass is 313 g/mol. The number of ether oxygens (including phenoxy) is 2. The summed E-state index contributed by atoms with van der Waals surface area (Å²) in [5.41, 5.74) is 6.93. The van der Waals surface area contributed by atoms with Crippen molar-refractivity contribution < 1.29 is 17.9 Å². The highest BCUT2D eigenvalue weighted by atomic mass is 32.2. The number of hydrogen-bond acceptors (Lipinski definition) is 5. The van der Waals surface area contributed by atoms with Crippen molar-refractivity contribution in [2.45, 2.75) is 11.0 Å². The predicted octanol–water partition coefficient (Wildman–Crippen LogP) is 0.690. The van der Waals surface area contributed by atoms with Gasteiger partial charge in [0.2, 0.25) is 10.0 Å². The Bertz CT molecular complexity index is 711. The second-order valence-corrected chi connectivity index (χ2v) is 6.36. The minimum Gasteiger partial charge on any atom is -0.399 e. The van der Waals surface area contributed by atoms with E-state index >= 15 is 0 Å². The molecule has 1 atom stereocenters. The molecule has 0 bridgehead atoms. The van der Waals surface area contributed by atoms with Gasteiger partial charge < -0.3 is 20.2 Å². The molecule has 0 spiro atoms. The largest absolute Gasteiger partial charge is 0.399 e. The first-order valence-electron chi connectivity index (χ1n) is 6.36. The van der Waals surface area contributed by atoms with Crippen molar-refractivity contribution in [2.24, 2.45) is 0 Å². The Balaban J connectivity index is 2.23. The maximum atomic E-state index is 12.4. The molecule has 0 saturated carbocycles. The Morgan fingerprint density at radius 2 is 2.14 bits per heavy atom. The molecule has 4 N–H and O–H groups in total. The summed E-state index contributed by atoms with van der Waals surface area (Å²) in [5.74, 6) is 0. The van der Waals surface area contributed by atoms with E-state index in [1.165, 1.54) is 20.4 Å². The minimum atomic E-state index is -3.66. The highest BCUT2D eigenvalue weighted by Crippen LogP contribution is 2.24. The van der Waals surface area contributed by atoms with E-state index in [9.17, 15) is 8.42 Å². The van der Waals surface area contributed by atoms with Crippen LogP contribution >= 0.6 is 0 Å². The Hall–Kier alpha value is -1.61. The van der Waals surface area contributed by atoms with Crippen LogP contribution < -0.4 is 10.5 Å². The van der Waals surface area contributed by atoms with E-state index in [4.69, 9.17) is 15.2 Å². The number of H-pyrrole nitrogens is 1. The molecule has 2 rings (SSSR count). The lowest BCUT2D eigenvalue weighted by Crippen LogP contribution is -2.35. The van der Waals surface area contributed by atoms with Crippen LogP contribution in [0.25, 0.3) is 10.9 Å². The van der Waals surface area contributed by atoms with Gasteiger partial charge in [-0.1, -0.05) is 0 Å². The zero-order valence-corrected chi connectivity index (χ0v) is 12.7. The smallest absolute Gasteiger partial charge is 0.242 e. The van der Waals surface area contributed by atoms with Gasteiger partial charge in [-0.2, -0.15) is 0 Å². The molecule has 116 valence electrons. The molecular weight excluding hydrogens is 294 g/mol. The summed E-state index contributed by atoms with van der Waals surface area (Å²) in [4.78, 5) is 3.08. The van der Waals surface area contributed by atoms with Gasteiger partial charge in [0.05, 0.1) is 12.7 Å². The SMILES string of the molecule is COCC(CNS(=O)(=O)c1c[nH]c2ccc(N)cc12)OC. The number of anilines is 1. The fraction of sp³-hybridized carbons (Fsp3) is 0.385. The van der Waals surface area contributed by atoms with Crippen molar-refractivity contribution in [3.05, 3.63) is 24.4 Å². The summed E-state index contributed by atoms with van der Waals surface area (Å²) in [6, 6.07) is 5.08. The van der Waals surface area contributed by atoms with E-state index in [0.717, 1.165) is 0 Å². The number of aromatic amines is 1. The number of nitrogens with two attached hydrogens (primary N) is 1. The van der Waals surface area contributed by atoms with Gasteiger partial charge in [-0.25, -0.2) is 13.1 Å². The van der Waals surface area contributed by atoms with Crippen molar-refractivity contribution in [1.82, 2.24) is 9.71 Å². The van der Waals surface area contributed by atoms with Crippen LogP contribution in [0.5, 0.6) is 0 Å². The molecule has 1 aromatic carbocycles. The first kappa shape index (κ1) is 15.8. The second kappa shape index (κ2) is 6.44. The summed E-state index contributed by atoms with van der Waals surface area (Å²) < 4.78 is 37.3. The molecule has 0 aliphatic heterocycles. The lowest BCUT2D eigenvalue weighted by Gasteiger charge is -2.14. The summed E-state index contributed by atoms with van der Waals surface area (Å²) in [6.45, 7) is 0.432. The number of aromatic nitrogens is 1.